The van der Waals surface area contributed by atoms with E-state index in [0.717, 1.165) is 15.1 Å². The van der Waals surface area contributed by atoms with Crippen LogP contribution >= 0.6 is 0 Å². The van der Waals surface area contributed by atoms with Crippen molar-refractivity contribution in [2.75, 3.05) is 24.4 Å². The molecular formula is C37H40F2N6O7. The molecule has 1 spiro atoms. The topological polar surface area (TPSA) is 147 Å². The molecule has 2 saturated carbocycles. The van der Waals surface area contributed by atoms with Crippen LogP contribution in [0.25, 0.3) is 10.9 Å². The van der Waals surface area contributed by atoms with Crippen molar-refractivity contribution in [3.8, 4) is 11.5 Å². The van der Waals surface area contributed by atoms with Crippen molar-refractivity contribution in [2.45, 2.75) is 95.2 Å². The highest BCUT2D eigenvalue weighted by atomic mass is 19.3. The lowest BCUT2D eigenvalue weighted by Crippen LogP contribution is -2.41. The minimum absolute atomic E-state index is 0.188. The zero-order valence-electron chi connectivity index (χ0n) is 30.2. The van der Waals surface area contributed by atoms with Gasteiger partial charge in [-0.2, -0.15) is 4.68 Å². The van der Waals surface area contributed by atoms with Gasteiger partial charge in [0.1, 0.15) is 22.8 Å². The number of carbonyl (C=O) groups is 3. The van der Waals surface area contributed by atoms with Gasteiger partial charge >= 0.3 is 12.2 Å². The van der Waals surface area contributed by atoms with Crippen LogP contribution < -0.4 is 19.7 Å². The number of hydrogen-bond acceptors (Lipinski definition) is 11. The fraction of sp³-hybridized carbons (Fsp3) is 0.459. The summed E-state index contributed by atoms with van der Waals surface area (Å²) in [5.74, 6) is -2.62. The molecular weight excluding hydrogens is 678 g/mol. The highest BCUT2D eigenvalue weighted by molar-refractivity contribution is 6.23. The van der Waals surface area contributed by atoms with Crippen LogP contribution in [0.5, 0.6) is 11.5 Å². The monoisotopic (exact) mass is 718 g/mol. The zero-order chi connectivity index (χ0) is 37.5. The molecule has 1 aliphatic heterocycles. The average Bonchev–Trinajstić information content (AvgIpc) is 3.63. The van der Waals surface area contributed by atoms with Crippen LogP contribution in [0.15, 0.2) is 42.6 Å². The lowest BCUT2D eigenvalue weighted by atomic mass is 9.81. The van der Waals surface area contributed by atoms with E-state index in [1.807, 2.05) is 6.07 Å². The lowest BCUT2D eigenvalue weighted by Gasteiger charge is -2.33. The summed E-state index contributed by atoms with van der Waals surface area (Å²) >= 11 is 0. The molecule has 3 aliphatic rings. The van der Waals surface area contributed by atoms with E-state index in [4.69, 9.17) is 18.9 Å². The third-order valence-electron chi connectivity index (χ3n) is 9.41. The summed E-state index contributed by atoms with van der Waals surface area (Å²) in [6.07, 6.45) is -0.418. The molecule has 0 bridgehead atoms. The van der Waals surface area contributed by atoms with Gasteiger partial charge in [0.25, 0.3) is 0 Å². The summed E-state index contributed by atoms with van der Waals surface area (Å²) in [7, 11) is 2.96. The molecule has 0 saturated heterocycles. The number of hydrogen-bond donors (Lipinski definition) is 1. The molecule has 2 aromatic heterocycles. The van der Waals surface area contributed by atoms with E-state index in [0.29, 0.717) is 34.3 Å². The molecule has 2 fully saturated rings. The first kappa shape index (κ1) is 35.1. The number of imide groups is 1. The SMILES string of the molecule is COc1ccc2c(c1)[C@]1(C[C@H]1c1ccc3c(Nc4nc(C5CC(F)(F)C5)ncc4OC)nn(C(=O)OC(C)(C)C)c3c1)C(=O)N2C(=O)OC(C)(C)C. The first-order chi connectivity index (χ1) is 24.3. The van der Waals surface area contributed by atoms with Gasteiger partial charge in [-0.3, -0.25) is 4.79 Å². The first-order valence-electron chi connectivity index (χ1n) is 16.9. The lowest BCUT2D eigenvalue weighted by molar-refractivity contribution is -0.120. The van der Waals surface area contributed by atoms with Crippen molar-refractivity contribution < 1.29 is 42.1 Å². The molecule has 15 heteroatoms. The molecule has 4 aromatic rings. The van der Waals surface area contributed by atoms with Crippen LogP contribution in [0.2, 0.25) is 0 Å². The fourth-order valence-electron chi connectivity index (χ4n) is 6.97. The summed E-state index contributed by atoms with van der Waals surface area (Å²) in [5.41, 5.74) is -0.573. The van der Waals surface area contributed by atoms with Crippen LogP contribution in [-0.4, -0.2) is 69.2 Å². The molecule has 52 heavy (non-hydrogen) atoms. The third kappa shape index (κ3) is 6.05. The molecule has 13 nitrogen and oxygen atoms in total. The number of amides is 2. The van der Waals surface area contributed by atoms with Crippen molar-refractivity contribution in [2.24, 2.45) is 0 Å². The Balaban J connectivity index is 1.28. The Morgan fingerprint density at radius 2 is 1.60 bits per heavy atom. The maximum atomic E-state index is 14.3. The second-order valence-electron chi connectivity index (χ2n) is 15.5. The highest BCUT2D eigenvalue weighted by Crippen LogP contribution is 2.67. The Morgan fingerprint density at radius 3 is 2.23 bits per heavy atom. The van der Waals surface area contributed by atoms with E-state index < -0.39 is 46.6 Å². The van der Waals surface area contributed by atoms with Gasteiger partial charge in [-0.25, -0.2) is 33.2 Å². The minimum Gasteiger partial charge on any atom is -0.497 e. The summed E-state index contributed by atoms with van der Waals surface area (Å²) in [4.78, 5) is 51.1. The molecule has 0 radical (unpaired) electrons. The Morgan fingerprint density at radius 1 is 0.904 bits per heavy atom. The van der Waals surface area contributed by atoms with Crippen LogP contribution in [0.3, 0.4) is 0 Å². The number of nitrogens with zero attached hydrogens (tertiary/aromatic N) is 5. The Bertz CT molecular complexity index is 2130. The summed E-state index contributed by atoms with van der Waals surface area (Å²) in [5, 5.41) is 8.20. The summed E-state index contributed by atoms with van der Waals surface area (Å²) < 4.78 is 50.7. The Hall–Kier alpha value is -5.34. The molecule has 2 aromatic carbocycles. The quantitative estimate of drug-likeness (QED) is 0.210. The van der Waals surface area contributed by atoms with Gasteiger partial charge in [0.05, 0.1) is 37.0 Å². The van der Waals surface area contributed by atoms with Crippen molar-refractivity contribution in [3.05, 3.63) is 59.5 Å². The Kier molecular flexibility index (Phi) is 8.00. The first-order valence-corrected chi connectivity index (χ1v) is 16.9. The molecule has 2 amide bonds. The molecule has 2 aliphatic carbocycles. The van der Waals surface area contributed by atoms with Gasteiger partial charge in [0, 0.05) is 30.1 Å². The van der Waals surface area contributed by atoms with Crippen molar-refractivity contribution in [3.63, 3.8) is 0 Å². The summed E-state index contributed by atoms with van der Waals surface area (Å²) in [6.45, 7) is 10.4. The van der Waals surface area contributed by atoms with E-state index in [1.165, 1.54) is 20.4 Å². The van der Waals surface area contributed by atoms with Gasteiger partial charge in [0.15, 0.2) is 17.4 Å². The van der Waals surface area contributed by atoms with Crippen molar-refractivity contribution in [1.29, 1.82) is 0 Å². The van der Waals surface area contributed by atoms with Crippen molar-refractivity contribution in [1.82, 2.24) is 19.7 Å². The van der Waals surface area contributed by atoms with E-state index >= 15 is 0 Å². The minimum atomic E-state index is -2.76. The van der Waals surface area contributed by atoms with Gasteiger partial charge in [-0.15, -0.1) is 5.10 Å². The number of aromatic nitrogens is 4. The van der Waals surface area contributed by atoms with E-state index in [2.05, 4.69) is 20.4 Å². The van der Waals surface area contributed by atoms with Gasteiger partial charge in [-0.1, -0.05) is 6.07 Å². The van der Waals surface area contributed by atoms with Crippen molar-refractivity contribution >= 4 is 46.3 Å². The number of rotatable bonds is 6. The fourth-order valence-corrected chi connectivity index (χ4v) is 6.97. The molecule has 3 heterocycles. The van der Waals surface area contributed by atoms with Gasteiger partial charge < -0.3 is 24.3 Å². The number of anilines is 3. The van der Waals surface area contributed by atoms with E-state index in [1.54, 1.807) is 71.9 Å². The van der Waals surface area contributed by atoms with Crippen LogP contribution in [-0.2, 0) is 19.7 Å². The van der Waals surface area contributed by atoms with Gasteiger partial charge in [0.2, 0.25) is 11.8 Å². The number of halogens is 2. The molecule has 2 atom stereocenters. The van der Waals surface area contributed by atoms with E-state index in [-0.39, 0.29) is 42.0 Å². The molecule has 0 unspecified atom stereocenters. The average molecular weight is 719 g/mol. The summed E-state index contributed by atoms with van der Waals surface area (Å²) in [6, 6.07) is 10.5. The number of carbonyl (C=O) groups excluding carboxylic acids is 3. The molecule has 1 N–H and O–H groups in total. The molecule has 274 valence electrons. The normalized spacial score (nSPS) is 20.8. The number of alkyl halides is 2. The van der Waals surface area contributed by atoms with Crippen LogP contribution in [0.1, 0.15) is 89.6 Å². The predicted octanol–water partition coefficient (Wildman–Crippen LogP) is 7.59. The second kappa shape index (κ2) is 11.9. The second-order valence-corrected chi connectivity index (χ2v) is 15.5. The maximum Gasteiger partial charge on any atom is 0.435 e. The van der Waals surface area contributed by atoms with Crippen LogP contribution in [0, 0.1) is 0 Å². The largest absolute Gasteiger partial charge is 0.497 e. The number of methoxy groups -OCH3 is 2. The van der Waals surface area contributed by atoms with E-state index in [9.17, 15) is 23.2 Å². The Labute approximate surface area is 298 Å². The number of ether oxygens (including phenoxy) is 4. The zero-order valence-corrected chi connectivity index (χ0v) is 30.2. The third-order valence-corrected chi connectivity index (χ3v) is 9.41. The maximum absolute atomic E-state index is 14.3. The predicted molar refractivity (Wildman–Crippen MR) is 186 cm³/mol. The molecule has 7 rings (SSSR count). The van der Waals surface area contributed by atoms with Crippen LogP contribution in [0.4, 0.5) is 35.7 Å². The number of nitrogens with one attached hydrogen (secondary N) is 1. The van der Waals surface area contributed by atoms with Gasteiger partial charge in [-0.05, 0) is 89.4 Å². The number of benzene rings is 2. The number of fused-ring (bicyclic) bond motifs is 3. The smallest absolute Gasteiger partial charge is 0.435 e. The highest BCUT2D eigenvalue weighted by Gasteiger charge is 2.68. The standard InChI is InChI=1S/C37H40F2N6O7/c1-34(2,3)51-32(47)44-25-12-10-21(49-7)14-23(25)37(31(44)46)17-24(37)19-9-11-22-26(13-19)45(33(48)52-35(4,5)6)43-29(22)42-30-27(50-8)18-40-28(41-30)20-15-36(38,39)16-20/h9-14,18,20,24H,15-17H2,1-8H3,(H,40,41,42,43)/t24-,37-/m0/s1.